The van der Waals surface area contributed by atoms with E-state index in [1.54, 1.807) is 17.0 Å². The number of benzene rings is 2. The lowest BCUT2D eigenvalue weighted by Gasteiger charge is -2.22. The Kier molecular flexibility index (Phi) is 5.66. The van der Waals surface area contributed by atoms with E-state index >= 15 is 0 Å². The van der Waals surface area contributed by atoms with E-state index in [0.717, 1.165) is 18.4 Å². The molecule has 2 heterocycles. The quantitative estimate of drug-likeness (QED) is 0.718. The molecule has 1 unspecified atom stereocenters. The second-order valence-corrected chi connectivity index (χ2v) is 9.90. The van der Waals surface area contributed by atoms with Crippen LogP contribution >= 0.6 is 0 Å². The molecule has 2 aromatic carbocycles. The molecule has 7 nitrogen and oxygen atoms in total. The van der Waals surface area contributed by atoms with E-state index < -0.39 is 21.7 Å². The van der Waals surface area contributed by atoms with E-state index in [-0.39, 0.29) is 16.4 Å². The number of fused-ring (bicyclic) bond motifs is 1. The standard InChI is InChI=1S/C23H25N3O4S/c1-15(2)16-5-7-17(8-6-16)25-31(29,30)18-9-10-21-19(13-18)22(27)20(14-24-21)23(28)26-11-3-4-12-26/h5-10,13-15,20,25H,3-4,11-12H2,1-2H3. The largest absolute Gasteiger partial charge is 0.342 e. The van der Waals surface area contributed by atoms with Crippen molar-refractivity contribution in [3.05, 3.63) is 53.6 Å². The number of carbonyl (C=O) groups is 2. The van der Waals surface area contributed by atoms with Gasteiger partial charge in [0.2, 0.25) is 5.91 Å². The minimum atomic E-state index is -3.91. The van der Waals surface area contributed by atoms with E-state index in [1.807, 2.05) is 12.1 Å². The monoisotopic (exact) mass is 439 g/mol. The number of rotatable bonds is 5. The number of Topliss-reactive ketones (excluding diaryl/α,β-unsaturated/α-hetero) is 1. The number of hydrogen-bond donors (Lipinski definition) is 1. The summed E-state index contributed by atoms with van der Waals surface area (Å²) in [5.74, 6) is -1.34. The molecule has 1 amide bonds. The molecule has 162 valence electrons. The molecule has 31 heavy (non-hydrogen) atoms. The molecule has 0 saturated carbocycles. The molecule has 0 bridgehead atoms. The number of sulfonamides is 1. The molecular formula is C23H25N3O4S. The number of nitrogens with zero attached hydrogens (tertiary/aromatic N) is 2. The Morgan fingerprint density at radius 1 is 1.10 bits per heavy atom. The number of amides is 1. The van der Waals surface area contributed by atoms with Gasteiger partial charge in [0.25, 0.3) is 10.0 Å². The van der Waals surface area contributed by atoms with E-state index in [9.17, 15) is 18.0 Å². The lowest BCUT2D eigenvalue weighted by atomic mass is 9.93. The Morgan fingerprint density at radius 3 is 2.42 bits per heavy atom. The Hall–Kier alpha value is -3.00. The first-order valence-corrected chi connectivity index (χ1v) is 11.9. The van der Waals surface area contributed by atoms with Crippen molar-refractivity contribution in [2.75, 3.05) is 17.8 Å². The van der Waals surface area contributed by atoms with Crippen molar-refractivity contribution in [1.82, 2.24) is 4.90 Å². The van der Waals surface area contributed by atoms with Gasteiger partial charge in [-0.15, -0.1) is 0 Å². The zero-order valence-corrected chi connectivity index (χ0v) is 18.4. The summed E-state index contributed by atoms with van der Waals surface area (Å²) >= 11 is 0. The maximum absolute atomic E-state index is 13.0. The van der Waals surface area contributed by atoms with Gasteiger partial charge in [-0.3, -0.25) is 19.3 Å². The number of aliphatic imine (C=N–C) groups is 1. The van der Waals surface area contributed by atoms with Crippen molar-refractivity contribution in [1.29, 1.82) is 0 Å². The zero-order chi connectivity index (χ0) is 22.2. The molecule has 2 aliphatic rings. The van der Waals surface area contributed by atoms with E-state index in [0.29, 0.717) is 30.4 Å². The van der Waals surface area contributed by atoms with Gasteiger partial charge in [-0.05, 0) is 54.7 Å². The molecule has 2 aromatic rings. The molecule has 8 heteroatoms. The van der Waals surface area contributed by atoms with Crippen LogP contribution in [0, 0.1) is 5.92 Å². The highest BCUT2D eigenvalue weighted by Crippen LogP contribution is 2.30. The molecule has 0 radical (unpaired) electrons. The summed E-state index contributed by atoms with van der Waals surface area (Å²) in [6.07, 6.45) is 3.22. The summed E-state index contributed by atoms with van der Waals surface area (Å²) < 4.78 is 28.4. The lowest BCUT2D eigenvalue weighted by molar-refractivity contribution is -0.130. The molecule has 1 N–H and O–H groups in total. The van der Waals surface area contributed by atoms with Gasteiger partial charge >= 0.3 is 0 Å². The minimum absolute atomic E-state index is 0.0444. The number of hydrogen-bond acceptors (Lipinski definition) is 5. The van der Waals surface area contributed by atoms with E-state index in [2.05, 4.69) is 23.6 Å². The first-order valence-electron chi connectivity index (χ1n) is 10.4. The van der Waals surface area contributed by atoms with Crippen molar-refractivity contribution in [3.8, 4) is 0 Å². The number of nitrogens with one attached hydrogen (secondary N) is 1. The fourth-order valence-electron chi connectivity index (χ4n) is 3.84. The average molecular weight is 440 g/mol. The van der Waals surface area contributed by atoms with E-state index in [1.165, 1.54) is 24.4 Å². The topological polar surface area (TPSA) is 95.9 Å². The summed E-state index contributed by atoms with van der Waals surface area (Å²) in [6.45, 7) is 5.40. The highest BCUT2D eigenvalue weighted by molar-refractivity contribution is 7.92. The van der Waals surface area contributed by atoms with Gasteiger partial charge < -0.3 is 4.90 Å². The van der Waals surface area contributed by atoms with Gasteiger partial charge in [0.15, 0.2) is 5.78 Å². The lowest BCUT2D eigenvalue weighted by Crippen LogP contribution is -2.39. The molecule has 0 aliphatic carbocycles. The number of likely N-dealkylation sites (tertiary alicyclic amines) is 1. The first-order chi connectivity index (χ1) is 14.8. The second kappa shape index (κ2) is 8.26. The van der Waals surface area contributed by atoms with Crippen molar-refractivity contribution < 1.29 is 18.0 Å². The number of carbonyl (C=O) groups excluding carboxylic acids is 2. The van der Waals surface area contributed by atoms with Gasteiger partial charge in [0.1, 0.15) is 5.92 Å². The Morgan fingerprint density at radius 2 is 1.77 bits per heavy atom. The zero-order valence-electron chi connectivity index (χ0n) is 17.5. The molecule has 0 aromatic heterocycles. The maximum atomic E-state index is 13.0. The van der Waals surface area contributed by atoms with Crippen molar-refractivity contribution in [2.24, 2.45) is 10.9 Å². The van der Waals surface area contributed by atoms with Crippen molar-refractivity contribution >= 4 is 39.3 Å². The predicted molar refractivity (Wildman–Crippen MR) is 120 cm³/mol. The third-order valence-corrected chi connectivity index (χ3v) is 7.08. The van der Waals surface area contributed by atoms with Crippen molar-refractivity contribution in [2.45, 2.75) is 37.5 Å². The summed E-state index contributed by atoms with van der Waals surface area (Å²) in [5.41, 5.74) is 2.07. The third-order valence-electron chi connectivity index (χ3n) is 5.70. The Labute approximate surface area is 182 Å². The van der Waals surface area contributed by atoms with Gasteiger partial charge in [0.05, 0.1) is 10.6 Å². The highest BCUT2D eigenvalue weighted by Gasteiger charge is 2.35. The molecule has 0 spiro atoms. The number of anilines is 1. The second-order valence-electron chi connectivity index (χ2n) is 8.21. The Balaban J connectivity index is 1.58. The van der Waals surface area contributed by atoms with Crippen LogP contribution in [-0.4, -0.2) is 44.3 Å². The summed E-state index contributed by atoms with van der Waals surface area (Å²) in [6, 6.07) is 11.4. The fraction of sp³-hybridized carbons (Fsp3) is 0.348. The minimum Gasteiger partial charge on any atom is -0.342 e. The van der Waals surface area contributed by atoms with Crippen LogP contribution < -0.4 is 4.72 Å². The molecule has 1 fully saturated rings. The van der Waals surface area contributed by atoms with E-state index in [4.69, 9.17) is 0 Å². The first kappa shape index (κ1) is 21.2. The van der Waals surface area contributed by atoms with Crippen molar-refractivity contribution in [3.63, 3.8) is 0 Å². The normalized spacial score (nSPS) is 18.4. The summed E-state index contributed by atoms with van der Waals surface area (Å²) in [5, 5.41) is 0. The van der Waals surface area contributed by atoms with Crippen LogP contribution in [0.2, 0.25) is 0 Å². The van der Waals surface area contributed by atoms with Crippen LogP contribution in [0.25, 0.3) is 0 Å². The molecule has 1 atom stereocenters. The summed E-state index contributed by atoms with van der Waals surface area (Å²) in [4.78, 5) is 31.6. The van der Waals surface area contributed by atoms with Crippen LogP contribution in [0.3, 0.4) is 0 Å². The van der Waals surface area contributed by atoms with Crippen LogP contribution in [0.1, 0.15) is 48.5 Å². The van der Waals surface area contributed by atoms with Crippen LogP contribution in [0.5, 0.6) is 0 Å². The predicted octanol–water partition coefficient (Wildman–Crippen LogP) is 3.75. The molecule has 1 saturated heterocycles. The molecule has 2 aliphatic heterocycles. The van der Waals surface area contributed by atoms with Crippen LogP contribution in [0.4, 0.5) is 11.4 Å². The fourth-order valence-corrected chi connectivity index (χ4v) is 4.93. The van der Waals surface area contributed by atoms with Gasteiger partial charge in [0, 0.05) is 30.6 Å². The smallest absolute Gasteiger partial charge is 0.261 e. The van der Waals surface area contributed by atoms with Gasteiger partial charge in [-0.25, -0.2) is 8.42 Å². The molecule has 4 rings (SSSR count). The number of ketones is 1. The van der Waals surface area contributed by atoms with Crippen LogP contribution in [-0.2, 0) is 14.8 Å². The van der Waals surface area contributed by atoms with Gasteiger partial charge in [-0.2, -0.15) is 0 Å². The third kappa shape index (κ3) is 4.25. The van der Waals surface area contributed by atoms with Gasteiger partial charge in [-0.1, -0.05) is 26.0 Å². The maximum Gasteiger partial charge on any atom is 0.261 e. The SMILES string of the molecule is CC(C)c1ccc(NS(=O)(=O)c2ccc3c(c2)C(=O)C(C(=O)N2CCCC2)C=N3)cc1. The van der Waals surface area contributed by atoms with Crippen LogP contribution in [0.15, 0.2) is 52.4 Å². The molecular weight excluding hydrogens is 414 g/mol. The Bertz CT molecular complexity index is 1150. The summed E-state index contributed by atoms with van der Waals surface area (Å²) in [7, 11) is -3.91. The average Bonchev–Trinajstić information content (AvgIpc) is 3.28. The highest BCUT2D eigenvalue weighted by atomic mass is 32.2.